The van der Waals surface area contributed by atoms with Crippen LogP contribution in [0, 0.1) is 0 Å². The van der Waals surface area contributed by atoms with Crippen LogP contribution >= 0.6 is 0 Å². The lowest BCUT2D eigenvalue weighted by Crippen LogP contribution is -2.54. The van der Waals surface area contributed by atoms with Gasteiger partial charge in [0.1, 0.15) is 34.2 Å². The Morgan fingerprint density at radius 3 is 1.07 bits per heavy atom. The van der Waals surface area contributed by atoms with Crippen molar-refractivity contribution in [3.8, 4) is 23.0 Å². The summed E-state index contributed by atoms with van der Waals surface area (Å²) in [5.74, 6) is 3.64. The highest BCUT2D eigenvalue weighted by Crippen LogP contribution is 2.30. The lowest BCUT2D eigenvalue weighted by molar-refractivity contribution is 0.487. The van der Waals surface area contributed by atoms with Crippen molar-refractivity contribution in [1.82, 2.24) is 0 Å². The molecule has 2 aliphatic rings. The van der Waals surface area contributed by atoms with Crippen LogP contribution in [0.2, 0.25) is 0 Å². The Morgan fingerprint density at radius 1 is 0.366 bits per heavy atom. The monoisotopic (exact) mass is 524 g/mol. The summed E-state index contributed by atoms with van der Waals surface area (Å²) in [7, 11) is 0. The molecule has 0 saturated heterocycles. The Balaban J connectivity index is 1.24. The zero-order valence-corrected chi connectivity index (χ0v) is 22.1. The third kappa shape index (κ3) is 3.42. The molecule has 0 radical (unpaired) electrons. The number of hydrogen-bond acceptors (Lipinski definition) is 3. The summed E-state index contributed by atoms with van der Waals surface area (Å²) in [6.07, 6.45) is 0. The standard InChI is InChI=1S/C36H22B2O3/c1-5-13-33-27(9-1)37(28-10-2-6-14-34(28)40-33)23-17-19-31-25(21-23)26-22-24(18-20-32(26)39-31)38-29-11-3-7-15-35(29)41-36-16-8-4-12-30(36)38/h1-22H. The fourth-order valence-corrected chi connectivity index (χ4v) is 6.71. The smallest absolute Gasteiger partial charge is 0.250 e. The van der Waals surface area contributed by atoms with E-state index < -0.39 is 0 Å². The highest BCUT2D eigenvalue weighted by Gasteiger charge is 2.34. The third-order valence-corrected chi connectivity index (χ3v) is 8.54. The summed E-state index contributed by atoms with van der Waals surface area (Å²) < 4.78 is 18.9. The summed E-state index contributed by atoms with van der Waals surface area (Å²) in [4.78, 5) is 0. The highest BCUT2D eigenvalue weighted by molar-refractivity contribution is 6.97. The molecule has 0 bridgehead atoms. The predicted molar refractivity (Wildman–Crippen MR) is 169 cm³/mol. The van der Waals surface area contributed by atoms with Gasteiger partial charge in [-0.25, -0.2) is 0 Å². The van der Waals surface area contributed by atoms with Crippen LogP contribution in [0.1, 0.15) is 0 Å². The molecule has 7 aromatic rings. The highest BCUT2D eigenvalue weighted by atomic mass is 16.5. The van der Waals surface area contributed by atoms with E-state index in [0.29, 0.717) is 0 Å². The van der Waals surface area contributed by atoms with Gasteiger partial charge in [0.25, 0.3) is 13.4 Å². The van der Waals surface area contributed by atoms with Gasteiger partial charge < -0.3 is 13.9 Å². The lowest BCUT2D eigenvalue weighted by atomic mass is 9.35. The molecule has 0 fully saturated rings. The average molecular weight is 524 g/mol. The molecule has 41 heavy (non-hydrogen) atoms. The number of para-hydroxylation sites is 4. The summed E-state index contributed by atoms with van der Waals surface area (Å²) in [6, 6.07) is 46.6. The van der Waals surface area contributed by atoms with E-state index in [1.54, 1.807) is 0 Å². The minimum absolute atomic E-state index is 0.0722. The zero-order valence-electron chi connectivity index (χ0n) is 22.1. The van der Waals surface area contributed by atoms with Crippen LogP contribution in [-0.4, -0.2) is 13.4 Å². The SMILES string of the molecule is c1ccc2c(c1)Oc1ccccc1B2c1ccc2oc3ccc(B4c5ccccc5Oc5ccccc54)cc3c2c1. The van der Waals surface area contributed by atoms with Gasteiger partial charge >= 0.3 is 0 Å². The molecule has 0 spiro atoms. The first kappa shape index (κ1) is 22.6. The van der Waals surface area contributed by atoms with Gasteiger partial charge in [0, 0.05) is 10.8 Å². The van der Waals surface area contributed by atoms with Crippen LogP contribution in [-0.2, 0) is 0 Å². The van der Waals surface area contributed by atoms with Gasteiger partial charge in [-0.1, -0.05) is 108 Å². The second-order valence-electron chi connectivity index (χ2n) is 10.8. The van der Waals surface area contributed by atoms with E-state index in [4.69, 9.17) is 13.9 Å². The van der Waals surface area contributed by atoms with E-state index in [1.165, 1.54) is 32.8 Å². The van der Waals surface area contributed by atoms with Crippen LogP contribution in [0.4, 0.5) is 0 Å². The Bertz CT molecular complexity index is 1910. The molecule has 1 aromatic heterocycles. The molecule has 0 atom stereocenters. The molecule has 2 aliphatic heterocycles. The molecular weight excluding hydrogens is 502 g/mol. The minimum atomic E-state index is 0.0722. The summed E-state index contributed by atoms with van der Waals surface area (Å²) in [5, 5.41) is 2.24. The maximum Gasteiger partial charge on any atom is 0.250 e. The summed E-state index contributed by atoms with van der Waals surface area (Å²) >= 11 is 0. The van der Waals surface area contributed by atoms with Crippen molar-refractivity contribution in [1.29, 1.82) is 0 Å². The van der Waals surface area contributed by atoms with Crippen molar-refractivity contribution in [3.05, 3.63) is 133 Å². The molecule has 9 rings (SSSR count). The summed E-state index contributed by atoms with van der Waals surface area (Å²) in [5.41, 5.74) is 8.92. The quantitative estimate of drug-likeness (QED) is 0.304. The fourth-order valence-electron chi connectivity index (χ4n) is 6.71. The van der Waals surface area contributed by atoms with Gasteiger partial charge in [0.2, 0.25) is 0 Å². The number of hydrogen-bond donors (Lipinski definition) is 0. The molecule has 0 unspecified atom stereocenters. The number of ether oxygens (including phenoxy) is 2. The second-order valence-corrected chi connectivity index (χ2v) is 10.8. The van der Waals surface area contributed by atoms with E-state index in [-0.39, 0.29) is 13.4 Å². The number of furan rings is 1. The number of benzene rings is 6. The number of rotatable bonds is 2. The molecule has 5 heteroatoms. The average Bonchev–Trinajstić information content (AvgIpc) is 3.39. The van der Waals surface area contributed by atoms with E-state index in [9.17, 15) is 0 Å². The van der Waals surface area contributed by atoms with Crippen molar-refractivity contribution < 1.29 is 13.9 Å². The molecule has 3 nitrogen and oxygen atoms in total. The minimum Gasteiger partial charge on any atom is -0.458 e. The van der Waals surface area contributed by atoms with Crippen LogP contribution in [0.15, 0.2) is 138 Å². The van der Waals surface area contributed by atoms with Crippen LogP contribution in [0.3, 0.4) is 0 Å². The normalized spacial score (nSPS) is 13.2. The van der Waals surface area contributed by atoms with Crippen molar-refractivity contribution in [2.45, 2.75) is 0 Å². The first-order chi connectivity index (χ1) is 20.3. The Kier molecular flexibility index (Phi) is 4.79. The van der Waals surface area contributed by atoms with Gasteiger partial charge in [-0.15, -0.1) is 0 Å². The van der Waals surface area contributed by atoms with Crippen molar-refractivity contribution in [3.63, 3.8) is 0 Å². The molecule has 0 amide bonds. The Labute approximate surface area is 238 Å². The van der Waals surface area contributed by atoms with E-state index >= 15 is 0 Å². The largest absolute Gasteiger partial charge is 0.458 e. The van der Waals surface area contributed by atoms with Crippen molar-refractivity contribution in [2.75, 3.05) is 0 Å². The maximum atomic E-state index is 6.37. The van der Waals surface area contributed by atoms with Gasteiger partial charge in [-0.05, 0) is 58.2 Å². The van der Waals surface area contributed by atoms with Gasteiger partial charge in [-0.3, -0.25) is 0 Å². The molecule has 0 aliphatic carbocycles. The first-order valence-corrected chi connectivity index (χ1v) is 14.0. The van der Waals surface area contributed by atoms with Gasteiger partial charge in [0.05, 0.1) is 0 Å². The maximum absolute atomic E-state index is 6.37. The topological polar surface area (TPSA) is 31.6 Å². The predicted octanol–water partition coefficient (Wildman–Crippen LogP) is 4.83. The Hall–Kier alpha value is -5.15. The zero-order chi connectivity index (χ0) is 26.9. The molecule has 0 N–H and O–H groups in total. The molecule has 0 saturated carbocycles. The van der Waals surface area contributed by atoms with Crippen molar-refractivity contribution in [2.24, 2.45) is 0 Å². The lowest BCUT2D eigenvalue weighted by Gasteiger charge is -2.26. The summed E-state index contributed by atoms with van der Waals surface area (Å²) in [6.45, 7) is 0.144. The van der Waals surface area contributed by atoms with E-state index in [0.717, 1.165) is 44.9 Å². The van der Waals surface area contributed by atoms with Crippen LogP contribution in [0.25, 0.3) is 21.9 Å². The second kappa shape index (κ2) is 8.67. The molecule has 190 valence electrons. The van der Waals surface area contributed by atoms with Crippen LogP contribution < -0.4 is 42.3 Å². The van der Waals surface area contributed by atoms with E-state index in [1.807, 2.05) is 24.3 Å². The first-order valence-electron chi connectivity index (χ1n) is 14.0. The van der Waals surface area contributed by atoms with Gasteiger partial charge in [-0.2, -0.15) is 0 Å². The fraction of sp³-hybridized carbons (Fsp3) is 0. The third-order valence-electron chi connectivity index (χ3n) is 8.54. The molecular formula is C36H22B2O3. The van der Waals surface area contributed by atoms with Crippen LogP contribution in [0.5, 0.6) is 23.0 Å². The molecule has 6 aromatic carbocycles. The molecule has 3 heterocycles. The Morgan fingerprint density at radius 2 is 0.707 bits per heavy atom. The van der Waals surface area contributed by atoms with Gasteiger partial charge in [0.15, 0.2) is 0 Å². The number of fused-ring (bicyclic) bond motifs is 7. The van der Waals surface area contributed by atoms with Crippen molar-refractivity contribution >= 4 is 68.1 Å². The van der Waals surface area contributed by atoms with E-state index in [2.05, 4.69) is 109 Å².